The summed E-state index contributed by atoms with van der Waals surface area (Å²) in [6, 6.07) is 17.9. The number of ether oxygens (including phenoxy) is 1. The summed E-state index contributed by atoms with van der Waals surface area (Å²) in [6.45, 7) is 7.18. The maximum atomic E-state index is 13.2. The number of likely N-dealkylation sites (tertiary alicyclic amines) is 1. The molecule has 2 unspecified atom stereocenters. The first-order chi connectivity index (χ1) is 32.6. The van der Waals surface area contributed by atoms with E-state index in [0.29, 0.717) is 57.1 Å². The molecule has 17 nitrogen and oxygen atoms in total. The summed E-state index contributed by atoms with van der Waals surface area (Å²) in [7, 11) is -3.34. The van der Waals surface area contributed by atoms with Gasteiger partial charge >= 0.3 is 0 Å². The summed E-state index contributed by atoms with van der Waals surface area (Å²) >= 11 is 5.27. The van der Waals surface area contributed by atoms with Gasteiger partial charge in [-0.3, -0.25) is 34.2 Å². The molecule has 0 spiro atoms. The second kappa shape index (κ2) is 20.9. The number of hydrogen-bond donors (Lipinski definition) is 5. The Morgan fingerprint density at radius 1 is 0.941 bits per heavy atom. The summed E-state index contributed by atoms with van der Waals surface area (Å²) in [5.41, 5.74) is 11.2. The van der Waals surface area contributed by atoms with Gasteiger partial charge < -0.3 is 35.7 Å². The van der Waals surface area contributed by atoms with Gasteiger partial charge in [0.25, 0.3) is 11.8 Å². The van der Waals surface area contributed by atoms with Crippen LogP contribution in [-0.2, 0) is 35.7 Å². The summed E-state index contributed by atoms with van der Waals surface area (Å²) in [5.74, 6) is -1.84. The lowest BCUT2D eigenvalue weighted by molar-refractivity contribution is -0.139. The molecule has 0 saturated carbocycles. The van der Waals surface area contributed by atoms with Crippen LogP contribution < -0.4 is 26.4 Å². The number of sulfonamides is 1. The van der Waals surface area contributed by atoms with Gasteiger partial charge in [0.2, 0.25) is 27.7 Å². The molecule has 2 atom stereocenters. The van der Waals surface area contributed by atoms with Gasteiger partial charge in [0, 0.05) is 80.0 Å². The Bertz CT molecular complexity index is 2710. The fraction of sp³-hybridized carbons (Fsp3) is 0.469. The van der Waals surface area contributed by atoms with E-state index in [1.807, 2.05) is 30.3 Å². The third kappa shape index (κ3) is 10.5. The zero-order valence-corrected chi connectivity index (χ0v) is 40.1. The van der Waals surface area contributed by atoms with Crippen LogP contribution in [0.1, 0.15) is 105 Å². The molecule has 4 aromatic rings. The number of rotatable bonds is 19. The molecule has 4 aliphatic heterocycles. The summed E-state index contributed by atoms with van der Waals surface area (Å²) < 4.78 is 35.5. The van der Waals surface area contributed by atoms with E-state index < -0.39 is 45.3 Å². The normalized spacial score (nSPS) is 19.5. The number of hydrogen-bond acceptors (Lipinski definition) is 11. The van der Waals surface area contributed by atoms with Crippen LogP contribution in [0.15, 0.2) is 66.9 Å². The highest BCUT2D eigenvalue weighted by Crippen LogP contribution is 2.41. The SMILES string of the molecule is CC(C)S(=O)(=O)N1CCC(n2cc(-c3cccc(C(N)=S)c3)c3ccc(CNC(=O)C4CN(CCCCCCNC(=O)COc5cccc6c5C(O)N(C5CCC(=O)NC5=O)C6=O)C4)cc32)CC1. The molecule has 3 fully saturated rings. The molecule has 0 radical (unpaired) electrons. The fourth-order valence-electron chi connectivity index (χ4n) is 9.71. The molecule has 362 valence electrons. The molecule has 0 aliphatic carbocycles. The third-order valence-corrected chi connectivity index (χ3v) is 16.1. The van der Waals surface area contributed by atoms with Crippen molar-refractivity contribution < 1.29 is 42.2 Å². The first-order valence-corrected chi connectivity index (χ1v) is 25.4. The minimum Gasteiger partial charge on any atom is -0.483 e. The van der Waals surface area contributed by atoms with Crippen molar-refractivity contribution in [3.8, 4) is 16.9 Å². The maximum absolute atomic E-state index is 13.2. The summed E-state index contributed by atoms with van der Waals surface area (Å²) in [5, 5.41) is 19.9. The molecule has 0 bridgehead atoms. The minimum absolute atomic E-state index is 0.0287. The molecule has 68 heavy (non-hydrogen) atoms. The quantitative estimate of drug-likeness (QED) is 0.0513. The number of nitrogens with two attached hydrogens (primary N) is 1. The van der Waals surface area contributed by atoms with Crippen LogP contribution in [0.2, 0.25) is 0 Å². The number of aliphatic hydroxyl groups is 1. The van der Waals surface area contributed by atoms with Gasteiger partial charge in [-0.05, 0) is 87.9 Å². The van der Waals surface area contributed by atoms with Crippen molar-refractivity contribution in [2.75, 3.05) is 45.9 Å². The monoisotopic (exact) mass is 968 g/mol. The molecule has 3 aromatic carbocycles. The van der Waals surface area contributed by atoms with Crippen molar-refractivity contribution in [1.29, 1.82) is 0 Å². The van der Waals surface area contributed by atoms with E-state index in [9.17, 15) is 37.5 Å². The van der Waals surface area contributed by atoms with E-state index in [0.717, 1.165) is 70.3 Å². The Kier molecular flexibility index (Phi) is 15.0. The Morgan fingerprint density at radius 2 is 1.69 bits per heavy atom. The average Bonchev–Trinajstić information content (AvgIpc) is 3.81. The summed E-state index contributed by atoms with van der Waals surface area (Å²) in [4.78, 5) is 66.7. The molecule has 3 saturated heterocycles. The lowest BCUT2D eigenvalue weighted by Gasteiger charge is -2.38. The molecule has 5 heterocycles. The van der Waals surface area contributed by atoms with Gasteiger partial charge in [-0.2, -0.15) is 0 Å². The van der Waals surface area contributed by atoms with Crippen molar-refractivity contribution in [3.63, 3.8) is 0 Å². The van der Waals surface area contributed by atoms with Crippen LogP contribution in [0.3, 0.4) is 0 Å². The van der Waals surface area contributed by atoms with Gasteiger partial charge in [-0.15, -0.1) is 0 Å². The van der Waals surface area contributed by atoms with E-state index in [1.54, 1.807) is 30.3 Å². The maximum Gasteiger partial charge on any atom is 0.257 e. The molecule has 8 rings (SSSR count). The number of nitrogens with one attached hydrogen (secondary N) is 3. The van der Waals surface area contributed by atoms with Gasteiger partial charge in [-0.1, -0.05) is 61.5 Å². The van der Waals surface area contributed by atoms with Crippen LogP contribution in [0.25, 0.3) is 22.0 Å². The number of fused-ring (bicyclic) bond motifs is 2. The number of carbonyl (C=O) groups is 5. The summed E-state index contributed by atoms with van der Waals surface area (Å²) in [6.07, 6.45) is 5.85. The number of nitrogens with zero attached hydrogens (tertiary/aromatic N) is 4. The highest BCUT2D eigenvalue weighted by molar-refractivity contribution is 7.89. The Balaban J connectivity index is 0.753. The van der Waals surface area contributed by atoms with Crippen LogP contribution >= 0.6 is 12.2 Å². The van der Waals surface area contributed by atoms with Gasteiger partial charge in [0.15, 0.2) is 12.8 Å². The van der Waals surface area contributed by atoms with Gasteiger partial charge in [0.05, 0.1) is 22.3 Å². The van der Waals surface area contributed by atoms with Gasteiger partial charge in [0.1, 0.15) is 16.8 Å². The fourth-order valence-corrected chi connectivity index (χ4v) is 11.2. The van der Waals surface area contributed by atoms with Crippen LogP contribution in [0, 0.1) is 5.92 Å². The molecule has 1 aromatic heterocycles. The van der Waals surface area contributed by atoms with Crippen molar-refractivity contribution in [2.45, 2.75) is 95.3 Å². The lowest BCUT2D eigenvalue weighted by Crippen LogP contribution is -2.53. The molecule has 4 aliphatic rings. The molecule has 6 N–H and O–H groups in total. The third-order valence-electron chi connectivity index (χ3n) is 13.6. The average molecular weight is 969 g/mol. The zero-order valence-electron chi connectivity index (χ0n) is 38.4. The molecule has 5 amide bonds. The topological polar surface area (TPSA) is 226 Å². The Hall–Kier alpha value is -5.73. The number of thiocarbonyl (C=S) groups is 1. The molecule has 19 heteroatoms. The number of amides is 5. The predicted octanol–water partition coefficient (Wildman–Crippen LogP) is 3.87. The smallest absolute Gasteiger partial charge is 0.257 e. The van der Waals surface area contributed by atoms with Crippen molar-refractivity contribution in [1.82, 2.24) is 34.6 Å². The number of aromatic nitrogens is 1. The van der Waals surface area contributed by atoms with Crippen LogP contribution in [0.4, 0.5) is 0 Å². The first-order valence-electron chi connectivity index (χ1n) is 23.5. The lowest BCUT2D eigenvalue weighted by atomic mass is 9.98. The van der Waals surface area contributed by atoms with E-state index in [4.69, 9.17) is 22.7 Å². The zero-order chi connectivity index (χ0) is 48.3. The second-order valence-electron chi connectivity index (χ2n) is 18.5. The van der Waals surface area contributed by atoms with Crippen molar-refractivity contribution in [3.05, 3.63) is 89.1 Å². The first kappa shape index (κ1) is 48.7. The van der Waals surface area contributed by atoms with Crippen molar-refractivity contribution in [2.24, 2.45) is 11.7 Å². The van der Waals surface area contributed by atoms with E-state index in [2.05, 4.69) is 43.7 Å². The number of imide groups is 1. The number of unbranched alkanes of at least 4 members (excludes halogenated alkanes) is 3. The highest BCUT2D eigenvalue weighted by Gasteiger charge is 2.46. The van der Waals surface area contributed by atoms with E-state index >= 15 is 0 Å². The largest absolute Gasteiger partial charge is 0.483 e. The van der Waals surface area contributed by atoms with Crippen LogP contribution in [-0.4, -0.2) is 124 Å². The molecular formula is C49H60N8O9S2. The number of piperidine rings is 2. The van der Waals surface area contributed by atoms with Crippen molar-refractivity contribution >= 4 is 67.7 Å². The highest BCUT2D eigenvalue weighted by atomic mass is 32.2. The van der Waals surface area contributed by atoms with E-state index in [1.165, 1.54) is 6.07 Å². The molecular weight excluding hydrogens is 909 g/mol. The number of benzene rings is 3. The number of aliphatic hydroxyl groups excluding tert-OH is 1. The van der Waals surface area contributed by atoms with Crippen LogP contribution in [0.5, 0.6) is 5.75 Å². The minimum atomic E-state index is -3.34. The number of carbonyl (C=O) groups excluding carboxylic acids is 5. The predicted molar refractivity (Wildman–Crippen MR) is 260 cm³/mol. The van der Waals surface area contributed by atoms with Gasteiger partial charge in [-0.25, -0.2) is 12.7 Å². The standard InChI is InChI=1S/C49H60N8O9S2/c1-30(2)68(64,65)55-21-17-35(18-22-55)56-28-38(32-9-7-10-33(24-32)45(50)67)36-14-13-31(23-40(36)56)25-52-46(60)34-26-54(27-34)20-6-4-3-5-19-51-43(59)29-66-41-12-8-11-37-44(41)49(63)57(48(37)62)39-15-16-42(58)53-47(39)61/h7-14,23-24,28,30,34-35,39,49,63H,3-6,15-22,25-27,29H2,1-2H3,(H2,50,67)(H,51,59)(H,52,60)(H,53,58,61). The van der Waals surface area contributed by atoms with E-state index in [-0.39, 0.29) is 60.1 Å². The Labute approximate surface area is 401 Å². The second-order valence-corrected chi connectivity index (χ2v) is 21.4. The Morgan fingerprint density at radius 3 is 2.43 bits per heavy atom.